The van der Waals surface area contributed by atoms with Gasteiger partial charge in [-0.2, -0.15) is 0 Å². The van der Waals surface area contributed by atoms with E-state index in [2.05, 4.69) is 4.12 Å². The predicted molar refractivity (Wildman–Crippen MR) is 33.8 cm³/mol. The molecule has 0 N–H and O–H groups in total. The second kappa shape index (κ2) is 35.5. The Morgan fingerprint density at radius 2 is 1.00 bits per heavy atom. The summed E-state index contributed by atoms with van der Waals surface area (Å²) in [6, 6.07) is 0. The zero-order valence-electron chi connectivity index (χ0n) is 4.71. The molecule has 1 radical (unpaired) electrons. The van der Waals surface area contributed by atoms with E-state index in [9.17, 15) is 0 Å². The second-order valence-corrected chi connectivity index (χ2v) is 3.67. The summed E-state index contributed by atoms with van der Waals surface area (Å²) >= 11 is 0. The molecule has 0 aliphatic rings. The molecule has 0 saturated heterocycles. The van der Waals surface area contributed by atoms with Gasteiger partial charge in [-0.3, -0.25) is 0 Å². The minimum atomic E-state index is 0. The van der Waals surface area contributed by atoms with Crippen LogP contribution in [0.4, 0.5) is 0 Å². The van der Waals surface area contributed by atoms with E-state index in [1.807, 2.05) is 0 Å². The molecular weight excluding hydrogens is 293 g/mol. The zero-order chi connectivity index (χ0) is 2.71. The van der Waals surface area contributed by atoms with Gasteiger partial charge in [-0.1, -0.05) is 0 Å². The molecule has 0 amide bonds. The average molecular weight is 305 g/mol. The molecule has 47 valence electrons. The molecule has 6 heavy (non-hydrogen) atoms. The molecule has 1 nitrogen and oxygen atoms in total. The quantitative estimate of drug-likeness (QED) is 0.389. The van der Waals surface area contributed by atoms with Crippen molar-refractivity contribution in [2.75, 3.05) is 0 Å². The van der Waals surface area contributed by atoms with Crippen LogP contribution in [0.2, 0.25) is 0 Å². The topological polar surface area (TPSA) is 9.23 Å². The Balaban J connectivity index is -0.00000000667. The van der Waals surface area contributed by atoms with Crippen LogP contribution >= 0.6 is 0 Å². The van der Waals surface area contributed by atoms with E-state index < -0.39 is 0 Å². The molecule has 0 aromatic carbocycles. The molecule has 0 spiro atoms. The van der Waals surface area contributed by atoms with Crippen LogP contribution in [0, 0.1) is 14.9 Å². The summed E-state index contributed by atoms with van der Waals surface area (Å²) in [6.07, 6.45) is 0. The molecule has 0 bridgehead atoms. The van der Waals surface area contributed by atoms with Gasteiger partial charge < -0.3 is 19.0 Å². The fourth-order valence-electron chi connectivity index (χ4n) is 0. The maximum Gasteiger partial charge on any atom is 0.129 e. The maximum atomic E-state index is 4.53. The molecule has 0 fully saturated rings. The Morgan fingerprint density at radius 1 is 1.00 bits per heavy atom. The largest absolute Gasteiger partial charge is 0.471 e. The van der Waals surface area contributed by atoms with Crippen molar-refractivity contribution in [1.82, 2.24) is 0 Å². The fraction of sp³-hybridized carbons (Fsp3) is 0. The molecule has 0 aromatic heterocycles. The first-order chi connectivity index (χ1) is 1.41. The number of hydrogen-bond donors (Lipinski definition) is 0. The van der Waals surface area contributed by atoms with Crippen LogP contribution in [0.15, 0.2) is 0 Å². The van der Waals surface area contributed by atoms with Gasteiger partial charge in [-0.15, -0.1) is 0 Å². The van der Waals surface area contributed by atoms with Gasteiger partial charge in [0.1, 0.15) is 21.0 Å². The van der Waals surface area contributed by atoms with Crippen LogP contribution in [0.25, 0.3) is 0 Å². The van der Waals surface area contributed by atoms with Gasteiger partial charge in [0.2, 0.25) is 0 Å². The molecule has 0 heterocycles. The standard InChI is InChI=1S/2CH3.Au.H6OSi2/c;;;2-1-3/h2*1H3;;2-3H3/q2*-1;;. The molecule has 4 heteroatoms. The van der Waals surface area contributed by atoms with Crippen LogP contribution in [-0.2, 0) is 26.5 Å². The first-order valence-corrected chi connectivity index (χ1v) is 2.45. The third-order valence-corrected chi connectivity index (χ3v) is 0. The van der Waals surface area contributed by atoms with E-state index in [0.29, 0.717) is 0 Å². The summed E-state index contributed by atoms with van der Waals surface area (Å²) in [5.74, 6) is 0. The first kappa shape index (κ1) is 27.3. The van der Waals surface area contributed by atoms with Gasteiger partial charge in [0.25, 0.3) is 0 Å². The van der Waals surface area contributed by atoms with Gasteiger partial charge in [0.15, 0.2) is 0 Å². The number of hydrogen-bond acceptors (Lipinski definition) is 1. The third-order valence-electron chi connectivity index (χ3n) is 0. The van der Waals surface area contributed by atoms with E-state index in [0.717, 1.165) is 21.0 Å². The summed E-state index contributed by atoms with van der Waals surface area (Å²) < 4.78 is 4.53. The van der Waals surface area contributed by atoms with Crippen LogP contribution in [0.5, 0.6) is 0 Å². The maximum absolute atomic E-state index is 4.53. The van der Waals surface area contributed by atoms with Gasteiger partial charge >= 0.3 is 0 Å². The van der Waals surface area contributed by atoms with Gasteiger partial charge in [-0.05, 0) is 0 Å². The minimum absolute atomic E-state index is 0. The predicted octanol–water partition coefficient (Wildman–Crippen LogP) is -1.54. The minimum Gasteiger partial charge on any atom is -0.471 e. The summed E-state index contributed by atoms with van der Waals surface area (Å²) in [5, 5.41) is 0. The Morgan fingerprint density at radius 3 is 1.00 bits per heavy atom. The van der Waals surface area contributed by atoms with Crippen molar-refractivity contribution in [2.24, 2.45) is 0 Å². The van der Waals surface area contributed by atoms with E-state index in [-0.39, 0.29) is 37.2 Å². The Bertz CT molecular complexity index is 11.5. The zero-order valence-corrected chi connectivity index (χ0v) is 10.9. The van der Waals surface area contributed by atoms with Crippen LogP contribution < -0.4 is 0 Å². The van der Waals surface area contributed by atoms with Crippen molar-refractivity contribution in [3.63, 3.8) is 0 Å². The van der Waals surface area contributed by atoms with Crippen LogP contribution in [0.1, 0.15) is 0 Å². The summed E-state index contributed by atoms with van der Waals surface area (Å²) in [6.45, 7) is 0. The van der Waals surface area contributed by atoms with Gasteiger partial charge in [0.05, 0.1) is 0 Å². The van der Waals surface area contributed by atoms with E-state index in [1.54, 1.807) is 0 Å². The molecule has 0 atom stereocenters. The smallest absolute Gasteiger partial charge is 0.129 e. The Labute approximate surface area is 62.5 Å². The van der Waals surface area contributed by atoms with Gasteiger partial charge in [0, 0.05) is 22.4 Å². The van der Waals surface area contributed by atoms with Crippen molar-refractivity contribution in [3.05, 3.63) is 14.9 Å². The molecule has 0 aliphatic heterocycles. The van der Waals surface area contributed by atoms with Crippen molar-refractivity contribution < 1.29 is 26.5 Å². The normalized spacial score (nSPS) is 4.00. The molecule has 0 aromatic rings. The number of rotatable bonds is 0. The summed E-state index contributed by atoms with van der Waals surface area (Å²) in [5.41, 5.74) is 0. The van der Waals surface area contributed by atoms with Gasteiger partial charge in [-0.25, -0.2) is 0 Å². The van der Waals surface area contributed by atoms with Crippen molar-refractivity contribution in [2.45, 2.75) is 0 Å². The molecule has 0 unspecified atom stereocenters. The monoisotopic (exact) mass is 305 g/mol. The van der Waals surface area contributed by atoms with Crippen molar-refractivity contribution in [3.8, 4) is 0 Å². The van der Waals surface area contributed by atoms with Crippen molar-refractivity contribution in [1.29, 1.82) is 0 Å². The second-order valence-electron chi connectivity index (χ2n) is 0.408. The van der Waals surface area contributed by atoms with E-state index in [1.165, 1.54) is 0 Å². The fourth-order valence-corrected chi connectivity index (χ4v) is 0. The van der Waals surface area contributed by atoms with E-state index >= 15 is 0 Å². The average Bonchev–Trinajstić information content (AvgIpc) is 0.918. The van der Waals surface area contributed by atoms with E-state index in [4.69, 9.17) is 0 Å². The molecular formula is C2H12AuOSi2-2. The molecule has 0 saturated carbocycles. The molecule has 0 rings (SSSR count). The van der Waals surface area contributed by atoms with Crippen molar-refractivity contribution >= 4 is 21.0 Å². The first-order valence-electron chi connectivity index (χ1n) is 0.816. The summed E-state index contributed by atoms with van der Waals surface area (Å²) in [7, 11) is 1.86. The van der Waals surface area contributed by atoms with Crippen LogP contribution in [0.3, 0.4) is 0 Å². The Hall–Kier alpha value is 1.13. The SMILES string of the molecule is [Au].[CH3-].[CH3-].[SiH3]O[SiH3]. The Kier molecular flexibility index (Phi) is 162. The molecule has 0 aliphatic carbocycles. The van der Waals surface area contributed by atoms with Crippen LogP contribution in [-0.4, -0.2) is 21.0 Å². The third kappa shape index (κ3) is 68.2. The summed E-state index contributed by atoms with van der Waals surface area (Å²) in [4.78, 5) is 0.